The van der Waals surface area contributed by atoms with Crippen LogP contribution in [0.1, 0.15) is 59.0 Å². The largest absolute Gasteiger partial charge is 0.462 e. The van der Waals surface area contributed by atoms with Crippen LogP contribution in [0, 0.1) is 11.7 Å². The van der Waals surface area contributed by atoms with Crippen molar-refractivity contribution < 1.29 is 49.0 Å². The van der Waals surface area contributed by atoms with Crippen molar-refractivity contribution in [1.29, 1.82) is 0 Å². The monoisotopic (exact) mass is 623 g/mol. The molecule has 45 heavy (non-hydrogen) atoms. The summed E-state index contributed by atoms with van der Waals surface area (Å²) < 4.78 is 24.1. The van der Waals surface area contributed by atoms with Gasteiger partial charge in [0.25, 0.3) is 0 Å². The Morgan fingerprint density at radius 3 is 2.20 bits per heavy atom. The zero-order valence-electron chi connectivity index (χ0n) is 24.8. The number of rotatable bonds is 11. The summed E-state index contributed by atoms with van der Waals surface area (Å²) in [6, 6.07) is 19.2. The Morgan fingerprint density at radius 2 is 1.58 bits per heavy atom. The average Bonchev–Trinajstić information content (AvgIpc) is 3.05. The molecule has 240 valence electrons. The van der Waals surface area contributed by atoms with Gasteiger partial charge < -0.3 is 39.9 Å². The zero-order valence-corrected chi connectivity index (χ0v) is 24.8. The van der Waals surface area contributed by atoms with E-state index in [1.54, 1.807) is 36.1 Å². The molecule has 5 rings (SSSR count). The van der Waals surface area contributed by atoms with E-state index in [1.807, 2.05) is 24.3 Å². The van der Waals surface area contributed by atoms with Gasteiger partial charge in [0.15, 0.2) is 0 Å². The molecule has 3 aromatic rings. The molecule has 0 bridgehead atoms. The van der Waals surface area contributed by atoms with E-state index in [1.165, 1.54) is 24.3 Å². The van der Waals surface area contributed by atoms with E-state index in [2.05, 4.69) is 0 Å². The molecule has 0 aromatic heterocycles. The highest BCUT2D eigenvalue weighted by Crippen LogP contribution is 2.46. The fourth-order valence-corrected chi connectivity index (χ4v) is 6.09. The maximum atomic E-state index is 13.5. The number of benzene rings is 3. The highest BCUT2D eigenvalue weighted by Gasteiger charge is 2.48. The van der Waals surface area contributed by atoms with Crippen LogP contribution in [-0.2, 0) is 20.7 Å². The second-order valence-corrected chi connectivity index (χ2v) is 11.5. The lowest BCUT2D eigenvalue weighted by molar-refractivity contribution is -0.228. The summed E-state index contributed by atoms with van der Waals surface area (Å²) in [6.07, 6.45) is -6.12. The quantitative estimate of drug-likeness (QED) is 0.160. The molecule has 2 fully saturated rings. The number of carbonyl (C=O) groups is 2. The maximum absolute atomic E-state index is 13.5. The van der Waals surface area contributed by atoms with E-state index < -0.39 is 60.9 Å². The smallest absolute Gasteiger partial charge is 0.338 e. The predicted octanol–water partition coefficient (Wildman–Crippen LogP) is 2.61. The third-order valence-electron chi connectivity index (χ3n) is 8.63. The number of aliphatic hydroxyl groups excluding tert-OH is 5. The standard InChI is InChI=1S/C34H38FNO9/c1-2-44-34(43)22-9-13-24(14-10-22)36-29(25(33(36)42)15-16-26(38)20-7-11-23(35)12-8-20)21-5-3-19(4-6-21)17-27-30(39)32(41)31(40)28(18-37)45-27/h3-14,25-32,37-41H,2,15-18H2,1H3. The van der Waals surface area contributed by atoms with Gasteiger partial charge in [0.1, 0.15) is 30.2 Å². The molecule has 10 nitrogen and oxygen atoms in total. The number of esters is 1. The molecular formula is C34H38FNO9. The first-order chi connectivity index (χ1) is 21.6. The third kappa shape index (κ3) is 6.94. The van der Waals surface area contributed by atoms with Gasteiger partial charge in [-0.2, -0.15) is 0 Å². The molecule has 2 heterocycles. The van der Waals surface area contributed by atoms with Gasteiger partial charge in [-0.05, 0) is 72.9 Å². The summed E-state index contributed by atoms with van der Waals surface area (Å²) in [5, 5.41) is 50.9. The van der Waals surface area contributed by atoms with Crippen molar-refractivity contribution in [2.75, 3.05) is 18.1 Å². The number of carbonyl (C=O) groups excluding carboxylic acids is 2. The number of nitrogens with zero attached hydrogens (tertiary/aromatic N) is 1. The maximum Gasteiger partial charge on any atom is 0.338 e. The predicted molar refractivity (Wildman–Crippen MR) is 161 cm³/mol. The average molecular weight is 624 g/mol. The molecule has 11 heteroatoms. The van der Waals surface area contributed by atoms with E-state index in [9.17, 15) is 39.5 Å². The number of hydrogen-bond acceptors (Lipinski definition) is 9. The third-order valence-corrected chi connectivity index (χ3v) is 8.63. The lowest BCUT2D eigenvalue weighted by atomic mass is 9.78. The second-order valence-electron chi connectivity index (χ2n) is 11.5. The topological polar surface area (TPSA) is 157 Å². The van der Waals surface area contributed by atoms with Gasteiger partial charge in [-0.1, -0.05) is 36.4 Å². The number of hydrogen-bond donors (Lipinski definition) is 5. The summed E-state index contributed by atoms with van der Waals surface area (Å²) in [5.41, 5.74) is 3.11. The summed E-state index contributed by atoms with van der Waals surface area (Å²) in [4.78, 5) is 27.3. The van der Waals surface area contributed by atoms with Gasteiger partial charge >= 0.3 is 5.97 Å². The van der Waals surface area contributed by atoms with Crippen LogP contribution in [0.15, 0.2) is 72.8 Å². The Hall–Kier alpha value is -3.71. The summed E-state index contributed by atoms with van der Waals surface area (Å²) >= 11 is 0. The van der Waals surface area contributed by atoms with Crippen LogP contribution in [0.25, 0.3) is 0 Å². The van der Waals surface area contributed by atoms with Gasteiger partial charge in [0.05, 0.1) is 42.9 Å². The zero-order chi connectivity index (χ0) is 32.2. The Morgan fingerprint density at radius 1 is 0.933 bits per heavy atom. The van der Waals surface area contributed by atoms with Crippen molar-refractivity contribution in [3.05, 3.63) is 101 Å². The molecule has 5 N–H and O–H groups in total. The van der Waals surface area contributed by atoms with Crippen molar-refractivity contribution in [3.8, 4) is 0 Å². The van der Waals surface area contributed by atoms with Crippen LogP contribution in [0.5, 0.6) is 0 Å². The molecule has 0 spiro atoms. The number of halogens is 1. The summed E-state index contributed by atoms with van der Waals surface area (Å²) in [7, 11) is 0. The molecule has 2 saturated heterocycles. The Bertz CT molecular complexity index is 1450. The van der Waals surface area contributed by atoms with Gasteiger partial charge in [-0.3, -0.25) is 4.79 Å². The fourth-order valence-electron chi connectivity index (χ4n) is 6.09. The first-order valence-corrected chi connectivity index (χ1v) is 15.1. The number of anilines is 1. The number of amides is 1. The van der Waals surface area contributed by atoms with Crippen molar-refractivity contribution in [1.82, 2.24) is 0 Å². The van der Waals surface area contributed by atoms with E-state index in [0.29, 0.717) is 23.2 Å². The molecule has 8 unspecified atom stereocenters. The van der Waals surface area contributed by atoms with Crippen LogP contribution < -0.4 is 4.90 Å². The van der Waals surface area contributed by atoms with Crippen molar-refractivity contribution in [3.63, 3.8) is 0 Å². The molecule has 3 aromatic carbocycles. The summed E-state index contributed by atoms with van der Waals surface area (Å²) in [6.45, 7) is 1.45. The van der Waals surface area contributed by atoms with E-state index in [4.69, 9.17) is 9.47 Å². The highest BCUT2D eigenvalue weighted by molar-refractivity contribution is 6.03. The van der Waals surface area contributed by atoms with Gasteiger partial charge in [0, 0.05) is 12.1 Å². The first kappa shape index (κ1) is 32.7. The normalized spacial score (nSPS) is 27.1. The van der Waals surface area contributed by atoms with Crippen molar-refractivity contribution >= 4 is 17.6 Å². The van der Waals surface area contributed by atoms with Gasteiger partial charge in [-0.25, -0.2) is 9.18 Å². The molecule has 0 radical (unpaired) electrons. The Labute approximate surface area is 260 Å². The van der Waals surface area contributed by atoms with Crippen LogP contribution in [0.4, 0.5) is 10.1 Å². The highest BCUT2D eigenvalue weighted by atomic mass is 19.1. The van der Waals surface area contributed by atoms with E-state index in [-0.39, 0.29) is 31.4 Å². The molecule has 2 aliphatic heterocycles. The minimum Gasteiger partial charge on any atom is -0.462 e. The van der Waals surface area contributed by atoms with E-state index >= 15 is 0 Å². The molecule has 2 aliphatic rings. The first-order valence-electron chi connectivity index (χ1n) is 15.1. The Kier molecular flexibility index (Phi) is 10.3. The lowest BCUT2D eigenvalue weighted by Crippen LogP contribution is -2.59. The van der Waals surface area contributed by atoms with Crippen LogP contribution in [0.3, 0.4) is 0 Å². The molecule has 1 amide bonds. The Balaban J connectivity index is 1.35. The SMILES string of the molecule is CCOC(=O)c1ccc(N2C(=O)C(CCC(O)c3ccc(F)cc3)C2c2ccc(CC3OC(CO)C(O)C(O)C3O)cc2)cc1. The van der Waals surface area contributed by atoms with Crippen LogP contribution in [-0.4, -0.2) is 81.1 Å². The number of β-lactam (4-membered cyclic amide) rings is 1. The minimum atomic E-state index is -1.46. The van der Waals surface area contributed by atoms with Gasteiger partial charge in [0.2, 0.25) is 5.91 Å². The number of aliphatic hydroxyl groups is 5. The lowest BCUT2D eigenvalue weighted by Gasteiger charge is -2.48. The van der Waals surface area contributed by atoms with Crippen LogP contribution in [0.2, 0.25) is 0 Å². The number of ether oxygens (including phenoxy) is 2. The van der Waals surface area contributed by atoms with Crippen LogP contribution >= 0.6 is 0 Å². The molecule has 0 saturated carbocycles. The molecule has 0 aliphatic carbocycles. The summed E-state index contributed by atoms with van der Waals surface area (Å²) in [5.74, 6) is -1.46. The van der Waals surface area contributed by atoms with Crippen molar-refractivity contribution in [2.45, 2.75) is 68.9 Å². The minimum absolute atomic E-state index is 0.138. The fraction of sp³-hybridized carbons (Fsp3) is 0.412. The second kappa shape index (κ2) is 14.2. The van der Waals surface area contributed by atoms with E-state index in [0.717, 1.165) is 11.1 Å². The molecule has 8 atom stereocenters. The van der Waals surface area contributed by atoms with Gasteiger partial charge in [-0.15, -0.1) is 0 Å². The van der Waals surface area contributed by atoms with Crippen molar-refractivity contribution in [2.24, 2.45) is 5.92 Å². The molecular weight excluding hydrogens is 585 g/mol.